The maximum Gasteiger partial charge on any atom is 0.122 e. The number of pyridine rings is 1. The number of rotatable bonds is 6. The van der Waals surface area contributed by atoms with Crippen LogP contribution in [0.4, 0.5) is 0 Å². The van der Waals surface area contributed by atoms with E-state index >= 15 is 0 Å². The first-order valence-corrected chi connectivity index (χ1v) is 6.26. The largest absolute Gasteiger partial charge is 0.388 e. The first-order valence-electron chi connectivity index (χ1n) is 5.85. The molecule has 3 nitrogen and oxygen atoms in total. The lowest BCUT2D eigenvalue weighted by molar-refractivity contribution is 0.0397. The highest BCUT2D eigenvalue weighted by molar-refractivity contribution is 7.80. The van der Waals surface area contributed by atoms with Gasteiger partial charge in [0.05, 0.1) is 18.4 Å². The molecule has 0 bridgehead atoms. The van der Waals surface area contributed by atoms with E-state index in [1.54, 1.807) is 6.20 Å². The van der Waals surface area contributed by atoms with Crippen molar-refractivity contribution in [3.8, 4) is 0 Å². The molecule has 0 saturated carbocycles. The van der Waals surface area contributed by atoms with Gasteiger partial charge in [-0.1, -0.05) is 26.1 Å². The van der Waals surface area contributed by atoms with Crippen molar-refractivity contribution >= 4 is 17.2 Å². The second kappa shape index (κ2) is 6.67. The number of hydrogen-bond acceptors (Lipinski definition) is 3. The Hall–Kier alpha value is -1.00. The molecule has 1 aromatic rings. The van der Waals surface area contributed by atoms with E-state index in [0.29, 0.717) is 23.2 Å². The molecule has 0 aliphatic rings. The van der Waals surface area contributed by atoms with Gasteiger partial charge in [-0.15, -0.1) is 0 Å². The third kappa shape index (κ3) is 5.24. The zero-order chi connectivity index (χ0) is 12.8. The average molecular weight is 252 g/mol. The molecule has 2 N–H and O–H groups in total. The van der Waals surface area contributed by atoms with Crippen molar-refractivity contribution in [3.63, 3.8) is 0 Å². The second-order valence-electron chi connectivity index (χ2n) is 4.66. The van der Waals surface area contributed by atoms with E-state index in [0.717, 1.165) is 12.0 Å². The van der Waals surface area contributed by atoms with Gasteiger partial charge in [-0.3, -0.25) is 4.98 Å². The van der Waals surface area contributed by atoms with Gasteiger partial charge in [-0.25, -0.2) is 0 Å². The predicted octanol–water partition coefficient (Wildman–Crippen LogP) is 2.67. The normalized spacial score (nSPS) is 12.7. The maximum atomic E-state index is 5.76. The molecule has 0 saturated heterocycles. The highest BCUT2D eigenvalue weighted by atomic mass is 32.1. The lowest BCUT2D eigenvalue weighted by Crippen LogP contribution is -2.13. The van der Waals surface area contributed by atoms with Gasteiger partial charge in [0, 0.05) is 6.20 Å². The van der Waals surface area contributed by atoms with E-state index in [4.69, 9.17) is 22.7 Å². The Balaban J connectivity index is 2.51. The third-order valence-electron chi connectivity index (χ3n) is 2.41. The van der Waals surface area contributed by atoms with Crippen molar-refractivity contribution in [2.75, 3.05) is 0 Å². The van der Waals surface area contributed by atoms with Gasteiger partial charge in [0.15, 0.2) is 0 Å². The van der Waals surface area contributed by atoms with Crippen LogP contribution in [0.25, 0.3) is 0 Å². The van der Waals surface area contributed by atoms with E-state index in [2.05, 4.69) is 25.8 Å². The lowest BCUT2D eigenvalue weighted by atomic mass is 10.1. The molecule has 1 rings (SSSR count). The van der Waals surface area contributed by atoms with Crippen LogP contribution in [0.1, 0.15) is 38.4 Å². The van der Waals surface area contributed by atoms with Crippen LogP contribution in [0.15, 0.2) is 18.3 Å². The molecule has 0 amide bonds. The first-order chi connectivity index (χ1) is 7.99. The van der Waals surface area contributed by atoms with Crippen molar-refractivity contribution in [1.82, 2.24) is 4.98 Å². The van der Waals surface area contributed by atoms with Gasteiger partial charge in [-0.05, 0) is 37.0 Å². The summed E-state index contributed by atoms with van der Waals surface area (Å²) < 4.78 is 5.76. The van der Waals surface area contributed by atoms with E-state index in [1.807, 2.05) is 12.1 Å². The molecule has 0 aliphatic carbocycles. The van der Waals surface area contributed by atoms with Crippen molar-refractivity contribution < 1.29 is 4.74 Å². The minimum atomic E-state index is 0.261. The Morgan fingerprint density at radius 3 is 2.76 bits per heavy atom. The molecular formula is C13H20N2OS. The molecule has 1 unspecified atom stereocenters. The molecule has 0 spiro atoms. The summed E-state index contributed by atoms with van der Waals surface area (Å²) in [6.45, 7) is 7.05. The van der Waals surface area contributed by atoms with Crippen molar-refractivity contribution in [3.05, 3.63) is 29.6 Å². The molecule has 0 fully saturated rings. The third-order valence-corrected chi connectivity index (χ3v) is 2.62. The van der Waals surface area contributed by atoms with Crippen molar-refractivity contribution in [2.24, 2.45) is 11.7 Å². The molecule has 1 atom stereocenters. The van der Waals surface area contributed by atoms with E-state index < -0.39 is 0 Å². The quantitative estimate of drug-likeness (QED) is 0.791. The molecule has 17 heavy (non-hydrogen) atoms. The maximum absolute atomic E-state index is 5.76. The zero-order valence-corrected chi connectivity index (χ0v) is 11.5. The molecule has 0 aromatic carbocycles. The smallest absolute Gasteiger partial charge is 0.122 e. The zero-order valence-electron chi connectivity index (χ0n) is 10.6. The molecule has 1 heterocycles. The van der Waals surface area contributed by atoms with E-state index in [-0.39, 0.29) is 6.10 Å². The minimum Gasteiger partial charge on any atom is -0.388 e. The summed E-state index contributed by atoms with van der Waals surface area (Å²) >= 11 is 4.89. The molecule has 4 heteroatoms. The van der Waals surface area contributed by atoms with Crippen LogP contribution in [0, 0.1) is 5.92 Å². The summed E-state index contributed by atoms with van der Waals surface area (Å²) in [6, 6.07) is 3.80. The van der Waals surface area contributed by atoms with Gasteiger partial charge in [0.2, 0.25) is 0 Å². The molecule has 0 radical (unpaired) electrons. The standard InChI is InChI=1S/C13H20N2OS/c1-9(2)6-10(3)16-8-11-4-5-15-12(7-11)13(14)17/h4-5,7,9-10H,6,8H2,1-3H3,(H2,14,17). The fourth-order valence-electron chi connectivity index (χ4n) is 1.67. The number of thiocarbonyl (C=S) groups is 1. The van der Waals surface area contributed by atoms with Crippen LogP contribution in [0.5, 0.6) is 0 Å². The molecule has 0 aliphatic heterocycles. The Kier molecular flexibility index (Phi) is 5.51. The number of hydrogen-bond donors (Lipinski definition) is 1. The monoisotopic (exact) mass is 252 g/mol. The molecule has 1 aromatic heterocycles. The summed E-state index contributed by atoms with van der Waals surface area (Å²) in [6.07, 6.45) is 3.03. The second-order valence-corrected chi connectivity index (χ2v) is 5.10. The summed E-state index contributed by atoms with van der Waals surface area (Å²) in [7, 11) is 0. The predicted molar refractivity (Wildman–Crippen MR) is 73.8 cm³/mol. The highest BCUT2D eigenvalue weighted by Crippen LogP contribution is 2.11. The number of nitrogens with zero attached hydrogens (tertiary/aromatic N) is 1. The number of ether oxygens (including phenoxy) is 1. The van der Waals surface area contributed by atoms with Crippen LogP contribution in [0.3, 0.4) is 0 Å². The van der Waals surface area contributed by atoms with Crippen LogP contribution < -0.4 is 5.73 Å². The number of nitrogens with two attached hydrogens (primary N) is 1. The Bertz CT molecular complexity index is 379. The van der Waals surface area contributed by atoms with Crippen molar-refractivity contribution in [2.45, 2.75) is 39.9 Å². The fourth-order valence-corrected chi connectivity index (χ4v) is 1.78. The minimum absolute atomic E-state index is 0.261. The molecule has 94 valence electrons. The topological polar surface area (TPSA) is 48.1 Å². The van der Waals surface area contributed by atoms with Crippen LogP contribution in [0.2, 0.25) is 0 Å². The van der Waals surface area contributed by atoms with Crippen molar-refractivity contribution in [1.29, 1.82) is 0 Å². The summed E-state index contributed by atoms with van der Waals surface area (Å²) in [5.41, 5.74) is 7.24. The Morgan fingerprint density at radius 2 is 2.18 bits per heavy atom. The Morgan fingerprint density at radius 1 is 1.47 bits per heavy atom. The van der Waals surface area contributed by atoms with Gasteiger partial charge in [0.25, 0.3) is 0 Å². The van der Waals surface area contributed by atoms with Gasteiger partial charge < -0.3 is 10.5 Å². The van der Waals surface area contributed by atoms with Crippen LogP contribution >= 0.6 is 12.2 Å². The lowest BCUT2D eigenvalue weighted by Gasteiger charge is -2.15. The van der Waals surface area contributed by atoms with Gasteiger partial charge in [0.1, 0.15) is 4.99 Å². The van der Waals surface area contributed by atoms with Gasteiger partial charge >= 0.3 is 0 Å². The van der Waals surface area contributed by atoms with E-state index in [9.17, 15) is 0 Å². The summed E-state index contributed by atoms with van der Waals surface area (Å²) in [4.78, 5) is 4.41. The average Bonchev–Trinajstić information content (AvgIpc) is 2.26. The molecular weight excluding hydrogens is 232 g/mol. The van der Waals surface area contributed by atoms with Crippen LogP contribution in [-0.4, -0.2) is 16.1 Å². The summed E-state index contributed by atoms with van der Waals surface area (Å²) in [5.74, 6) is 0.648. The van der Waals surface area contributed by atoms with Crippen LogP contribution in [-0.2, 0) is 11.3 Å². The fraction of sp³-hybridized carbons (Fsp3) is 0.538. The van der Waals surface area contributed by atoms with E-state index in [1.165, 1.54) is 0 Å². The summed E-state index contributed by atoms with van der Waals surface area (Å²) in [5, 5.41) is 0. The Labute approximate surface area is 108 Å². The number of aromatic nitrogens is 1. The highest BCUT2D eigenvalue weighted by Gasteiger charge is 2.06. The first kappa shape index (κ1) is 14.1. The SMILES string of the molecule is CC(C)CC(C)OCc1ccnc(C(N)=S)c1. The van der Waals surface area contributed by atoms with Gasteiger partial charge in [-0.2, -0.15) is 0 Å².